The molecule has 15 heavy (non-hydrogen) atoms. The van der Waals surface area contributed by atoms with Crippen LogP contribution in [0.3, 0.4) is 0 Å². The van der Waals surface area contributed by atoms with E-state index in [-0.39, 0.29) is 0 Å². The van der Waals surface area contributed by atoms with Crippen molar-refractivity contribution in [2.75, 3.05) is 0 Å². The Morgan fingerprint density at radius 3 is 1.67 bits per heavy atom. The lowest BCUT2D eigenvalue weighted by Gasteiger charge is -1.98. The minimum absolute atomic E-state index is 0.833. The average molecular weight is 212 g/mol. The average Bonchev–Trinajstić information content (AvgIpc) is 2.16. The van der Waals surface area contributed by atoms with Gasteiger partial charge < -0.3 is 0 Å². The van der Waals surface area contributed by atoms with E-state index in [0.29, 0.717) is 0 Å². The Hall–Kier alpha value is -0.260. The van der Waals surface area contributed by atoms with Crippen molar-refractivity contribution >= 4 is 0 Å². The Labute approximate surface area is 98.2 Å². The van der Waals surface area contributed by atoms with E-state index in [4.69, 9.17) is 0 Å². The van der Waals surface area contributed by atoms with Crippen molar-refractivity contribution in [2.45, 2.75) is 79.1 Å². The highest BCUT2D eigenvalue weighted by molar-refractivity contribution is 4.65. The van der Waals surface area contributed by atoms with Gasteiger partial charge in [0.1, 0.15) is 0 Å². The van der Waals surface area contributed by atoms with Gasteiger partial charge in [-0.1, -0.05) is 72.3 Å². The molecule has 0 saturated carbocycles. The number of allylic oxidation sites excluding steroid dienone is 1. The van der Waals surface area contributed by atoms with Gasteiger partial charge in [-0.05, 0) is 18.8 Å². The van der Waals surface area contributed by atoms with Crippen molar-refractivity contribution in [1.82, 2.24) is 0 Å². The summed E-state index contributed by atoms with van der Waals surface area (Å²) in [5, 5.41) is 0. The zero-order chi connectivity index (χ0) is 11.9. The molecule has 0 N–H and O–H groups in total. The van der Waals surface area contributed by atoms with E-state index in [1.54, 1.807) is 0 Å². The monoisotopic (exact) mass is 212 g/mol. The van der Waals surface area contributed by atoms with Crippen LogP contribution >= 0.6 is 0 Å². The third kappa shape index (κ3) is 31.6. The summed E-state index contributed by atoms with van der Waals surface area (Å²) >= 11 is 0. The highest BCUT2D eigenvalue weighted by Gasteiger charge is 1.88. The van der Waals surface area contributed by atoms with Crippen LogP contribution in [0.5, 0.6) is 0 Å². The molecule has 0 heterocycles. The van der Waals surface area contributed by atoms with Gasteiger partial charge >= 0.3 is 0 Å². The number of hydrogen-bond donors (Lipinski definition) is 0. The topological polar surface area (TPSA) is 0 Å². The lowest BCUT2D eigenvalue weighted by Crippen LogP contribution is -1.78. The maximum absolute atomic E-state index is 3.71. The van der Waals surface area contributed by atoms with Crippen LogP contribution < -0.4 is 0 Å². The summed E-state index contributed by atoms with van der Waals surface area (Å²) in [5.74, 6) is 0.833. The lowest BCUT2D eigenvalue weighted by molar-refractivity contribution is 0.592. The van der Waals surface area contributed by atoms with Crippen LogP contribution in [0.15, 0.2) is 12.7 Å². The molecule has 0 aromatic rings. The van der Waals surface area contributed by atoms with E-state index < -0.39 is 0 Å². The highest BCUT2D eigenvalue weighted by Crippen LogP contribution is 2.07. The molecule has 0 fully saturated rings. The zero-order valence-electron chi connectivity index (χ0n) is 11.5. The van der Waals surface area contributed by atoms with Crippen molar-refractivity contribution in [2.24, 2.45) is 5.92 Å². The second-order valence-electron chi connectivity index (χ2n) is 4.93. The van der Waals surface area contributed by atoms with Gasteiger partial charge in [0, 0.05) is 0 Å². The summed E-state index contributed by atoms with van der Waals surface area (Å²) < 4.78 is 0. The zero-order valence-corrected chi connectivity index (χ0v) is 11.5. The Bertz CT molecular complexity index is 99.9. The molecule has 0 nitrogen and oxygen atoms in total. The van der Waals surface area contributed by atoms with Crippen LogP contribution in [0.2, 0.25) is 0 Å². The van der Waals surface area contributed by atoms with Crippen LogP contribution in [-0.2, 0) is 0 Å². The van der Waals surface area contributed by atoms with Crippen LogP contribution in [0, 0.1) is 5.92 Å². The lowest BCUT2D eigenvalue weighted by atomic mass is 10.1. The van der Waals surface area contributed by atoms with E-state index in [9.17, 15) is 0 Å². The molecule has 0 heteroatoms. The van der Waals surface area contributed by atoms with E-state index >= 15 is 0 Å². The minimum Gasteiger partial charge on any atom is -0.103 e. The molecular formula is C15H32. The van der Waals surface area contributed by atoms with Crippen molar-refractivity contribution in [1.29, 1.82) is 0 Å². The van der Waals surface area contributed by atoms with Gasteiger partial charge in [-0.15, -0.1) is 6.58 Å². The SMILES string of the molecule is C=CCCCCCCCCC.CC(C)C. The van der Waals surface area contributed by atoms with Gasteiger partial charge in [0.25, 0.3) is 0 Å². The summed E-state index contributed by atoms with van der Waals surface area (Å²) in [4.78, 5) is 0. The highest BCUT2D eigenvalue weighted by atomic mass is 13.9. The summed E-state index contributed by atoms with van der Waals surface area (Å²) in [6, 6.07) is 0. The molecule has 0 atom stereocenters. The van der Waals surface area contributed by atoms with E-state index in [1.165, 1.54) is 51.4 Å². The van der Waals surface area contributed by atoms with Gasteiger partial charge in [-0.25, -0.2) is 0 Å². The first-order valence-corrected chi connectivity index (χ1v) is 6.76. The second kappa shape index (κ2) is 16.2. The Morgan fingerprint density at radius 2 is 1.27 bits per heavy atom. The Balaban J connectivity index is 0. The molecule has 0 radical (unpaired) electrons. The van der Waals surface area contributed by atoms with Gasteiger partial charge in [-0.2, -0.15) is 0 Å². The first-order valence-electron chi connectivity index (χ1n) is 6.76. The van der Waals surface area contributed by atoms with E-state index in [1.807, 2.05) is 6.08 Å². The summed E-state index contributed by atoms with van der Waals surface area (Å²) in [7, 11) is 0. The fourth-order valence-corrected chi connectivity index (χ4v) is 1.25. The summed E-state index contributed by atoms with van der Waals surface area (Å²) in [5.41, 5.74) is 0. The largest absolute Gasteiger partial charge is 0.103 e. The Kier molecular flexibility index (Phi) is 18.5. The predicted molar refractivity (Wildman–Crippen MR) is 73.3 cm³/mol. The molecule has 0 saturated heterocycles. The molecule has 0 aliphatic rings. The normalized spacial score (nSPS) is 9.67. The van der Waals surface area contributed by atoms with Crippen LogP contribution in [0.25, 0.3) is 0 Å². The molecule has 0 aromatic heterocycles. The third-order valence-electron chi connectivity index (χ3n) is 2.01. The van der Waals surface area contributed by atoms with E-state index in [2.05, 4.69) is 34.3 Å². The molecule has 0 bridgehead atoms. The molecule has 0 unspecified atom stereocenters. The fourth-order valence-electron chi connectivity index (χ4n) is 1.25. The fraction of sp³-hybridized carbons (Fsp3) is 0.867. The first kappa shape index (κ1) is 17.1. The van der Waals surface area contributed by atoms with Crippen molar-refractivity contribution in [3.8, 4) is 0 Å². The van der Waals surface area contributed by atoms with Crippen molar-refractivity contribution < 1.29 is 0 Å². The predicted octanol–water partition coefficient (Wildman–Crippen LogP) is 5.98. The second-order valence-corrected chi connectivity index (χ2v) is 4.93. The van der Waals surface area contributed by atoms with Gasteiger partial charge in [0.05, 0.1) is 0 Å². The number of hydrogen-bond acceptors (Lipinski definition) is 0. The molecule has 0 aromatic carbocycles. The quantitative estimate of drug-likeness (QED) is 0.343. The standard InChI is InChI=1S/C11H22.C4H10/c1-3-5-7-9-11-10-8-6-4-2;1-4(2)3/h3H,1,4-11H2,2H3;4H,1-3H3. The Morgan fingerprint density at radius 1 is 0.867 bits per heavy atom. The molecule has 92 valence electrons. The van der Waals surface area contributed by atoms with Gasteiger partial charge in [0.2, 0.25) is 0 Å². The molecule has 0 spiro atoms. The smallest absolute Gasteiger partial charge is 0.0353 e. The van der Waals surface area contributed by atoms with Crippen LogP contribution in [0.4, 0.5) is 0 Å². The summed E-state index contributed by atoms with van der Waals surface area (Å²) in [6.45, 7) is 12.5. The molecular weight excluding hydrogens is 180 g/mol. The maximum Gasteiger partial charge on any atom is -0.0353 e. The molecule has 0 aliphatic carbocycles. The molecule has 0 amide bonds. The summed E-state index contributed by atoms with van der Waals surface area (Å²) in [6.07, 6.45) is 13.0. The van der Waals surface area contributed by atoms with Crippen molar-refractivity contribution in [3.05, 3.63) is 12.7 Å². The van der Waals surface area contributed by atoms with Crippen LogP contribution in [0.1, 0.15) is 79.1 Å². The van der Waals surface area contributed by atoms with Gasteiger partial charge in [0.15, 0.2) is 0 Å². The first-order chi connectivity index (χ1) is 7.15. The van der Waals surface area contributed by atoms with Crippen LogP contribution in [-0.4, -0.2) is 0 Å². The molecule has 0 rings (SSSR count). The van der Waals surface area contributed by atoms with Gasteiger partial charge in [-0.3, -0.25) is 0 Å². The number of unbranched alkanes of at least 4 members (excludes halogenated alkanes) is 7. The van der Waals surface area contributed by atoms with E-state index in [0.717, 1.165) is 5.92 Å². The minimum atomic E-state index is 0.833. The third-order valence-corrected chi connectivity index (χ3v) is 2.01. The van der Waals surface area contributed by atoms with Crippen molar-refractivity contribution in [3.63, 3.8) is 0 Å². The number of rotatable bonds is 8. The molecule has 0 aliphatic heterocycles. The maximum atomic E-state index is 3.71.